The first-order valence-electron chi connectivity index (χ1n) is 9.38. The van der Waals surface area contributed by atoms with Crippen molar-refractivity contribution in [2.45, 2.75) is 63.9 Å². The monoisotopic (exact) mass is 387 g/mol. The molecule has 1 fully saturated rings. The SMILES string of the molecule is CC(CNc1ccc(OC(F)(F)F)cc1)NC(=O)C(N)CC1CCCCC1. The summed E-state index contributed by atoms with van der Waals surface area (Å²) in [6, 6.07) is 4.78. The molecule has 152 valence electrons. The van der Waals surface area contributed by atoms with Crippen molar-refractivity contribution in [3.05, 3.63) is 24.3 Å². The van der Waals surface area contributed by atoms with E-state index in [4.69, 9.17) is 5.73 Å². The highest BCUT2D eigenvalue weighted by molar-refractivity contribution is 5.81. The van der Waals surface area contributed by atoms with Crippen LogP contribution in [0.15, 0.2) is 24.3 Å². The molecular weight excluding hydrogens is 359 g/mol. The topological polar surface area (TPSA) is 76.4 Å². The Bertz CT molecular complexity index is 587. The van der Waals surface area contributed by atoms with Gasteiger partial charge >= 0.3 is 6.36 Å². The van der Waals surface area contributed by atoms with E-state index in [2.05, 4.69) is 15.4 Å². The fourth-order valence-electron chi connectivity index (χ4n) is 3.34. The number of rotatable bonds is 8. The maximum Gasteiger partial charge on any atom is 0.573 e. The van der Waals surface area contributed by atoms with Crippen LogP contribution in [0.3, 0.4) is 0 Å². The molecule has 8 heteroatoms. The normalized spacial score (nSPS) is 17.8. The molecule has 0 heterocycles. The van der Waals surface area contributed by atoms with Gasteiger partial charge in [-0.05, 0) is 43.5 Å². The van der Waals surface area contributed by atoms with Gasteiger partial charge in [0.15, 0.2) is 0 Å². The summed E-state index contributed by atoms with van der Waals surface area (Å²) < 4.78 is 40.3. The smallest absolute Gasteiger partial charge is 0.406 e. The maximum absolute atomic E-state index is 12.2. The minimum Gasteiger partial charge on any atom is -0.406 e. The average Bonchev–Trinajstić information content (AvgIpc) is 2.60. The van der Waals surface area contributed by atoms with Crippen LogP contribution < -0.4 is 21.1 Å². The van der Waals surface area contributed by atoms with Crippen LogP contribution in [0.4, 0.5) is 18.9 Å². The zero-order valence-corrected chi connectivity index (χ0v) is 15.5. The lowest BCUT2D eigenvalue weighted by molar-refractivity contribution is -0.274. The van der Waals surface area contributed by atoms with Gasteiger partial charge in [-0.15, -0.1) is 13.2 Å². The molecule has 0 aromatic heterocycles. The molecule has 0 spiro atoms. The Morgan fingerprint density at radius 3 is 2.44 bits per heavy atom. The maximum atomic E-state index is 12.2. The van der Waals surface area contributed by atoms with Crippen molar-refractivity contribution in [1.82, 2.24) is 5.32 Å². The number of alkyl halides is 3. The zero-order chi connectivity index (χ0) is 19.9. The van der Waals surface area contributed by atoms with Crippen LogP contribution in [-0.2, 0) is 4.79 Å². The van der Waals surface area contributed by atoms with E-state index in [-0.39, 0.29) is 17.7 Å². The molecule has 2 atom stereocenters. The van der Waals surface area contributed by atoms with Gasteiger partial charge in [0.1, 0.15) is 5.75 Å². The highest BCUT2D eigenvalue weighted by Crippen LogP contribution is 2.27. The Hall–Kier alpha value is -1.96. The van der Waals surface area contributed by atoms with Crippen molar-refractivity contribution in [2.75, 3.05) is 11.9 Å². The van der Waals surface area contributed by atoms with E-state index in [0.29, 0.717) is 24.6 Å². The van der Waals surface area contributed by atoms with E-state index in [1.807, 2.05) is 6.92 Å². The van der Waals surface area contributed by atoms with Crippen LogP contribution in [0.2, 0.25) is 0 Å². The summed E-state index contributed by atoms with van der Waals surface area (Å²) in [7, 11) is 0. The molecule has 1 aromatic rings. The van der Waals surface area contributed by atoms with Gasteiger partial charge in [0.25, 0.3) is 0 Å². The lowest BCUT2D eigenvalue weighted by Crippen LogP contribution is -2.47. The van der Waals surface area contributed by atoms with Crippen molar-refractivity contribution < 1.29 is 22.7 Å². The van der Waals surface area contributed by atoms with Crippen LogP contribution in [0, 0.1) is 5.92 Å². The number of amides is 1. The Morgan fingerprint density at radius 2 is 1.85 bits per heavy atom. The number of ether oxygens (including phenoxy) is 1. The molecule has 0 aliphatic heterocycles. The minimum absolute atomic E-state index is 0.163. The third kappa shape index (κ3) is 8.07. The fourth-order valence-corrected chi connectivity index (χ4v) is 3.34. The molecule has 2 unspecified atom stereocenters. The van der Waals surface area contributed by atoms with E-state index >= 15 is 0 Å². The molecule has 4 N–H and O–H groups in total. The minimum atomic E-state index is -4.70. The van der Waals surface area contributed by atoms with Gasteiger partial charge in [-0.25, -0.2) is 0 Å². The zero-order valence-electron chi connectivity index (χ0n) is 15.5. The van der Waals surface area contributed by atoms with Crippen molar-refractivity contribution in [3.63, 3.8) is 0 Å². The van der Waals surface area contributed by atoms with Crippen molar-refractivity contribution in [3.8, 4) is 5.75 Å². The highest BCUT2D eigenvalue weighted by atomic mass is 19.4. The van der Waals surface area contributed by atoms with E-state index in [9.17, 15) is 18.0 Å². The molecule has 1 aromatic carbocycles. The van der Waals surface area contributed by atoms with Gasteiger partial charge in [0.05, 0.1) is 6.04 Å². The summed E-state index contributed by atoms with van der Waals surface area (Å²) in [5, 5.41) is 5.95. The van der Waals surface area contributed by atoms with E-state index in [1.54, 1.807) is 0 Å². The molecule has 27 heavy (non-hydrogen) atoms. The van der Waals surface area contributed by atoms with Crippen molar-refractivity contribution in [2.24, 2.45) is 11.7 Å². The van der Waals surface area contributed by atoms with Gasteiger partial charge in [-0.3, -0.25) is 4.79 Å². The first-order chi connectivity index (χ1) is 12.7. The van der Waals surface area contributed by atoms with Gasteiger partial charge in [-0.1, -0.05) is 32.1 Å². The molecule has 2 rings (SSSR count). The fraction of sp³-hybridized carbons (Fsp3) is 0.632. The van der Waals surface area contributed by atoms with E-state index < -0.39 is 12.4 Å². The summed E-state index contributed by atoms with van der Waals surface area (Å²) in [4.78, 5) is 12.2. The predicted octanol–water partition coefficient (Wildman–Crippen LogP) is 3.80. The number of carbonyl (C=O) groups excluding carboxylic acids is 1. The predicted molar refractivity (Wildman–Crippen MR) is 98.4 cm³/mol. The van der Waals surface area contributed by atoms with E-state index in [0.717, 1.165) is 12.8 Å². The summed E-state index contributed by atoms with van der Waals surface area (Å²) in [5.74, 6) is 0.0947. The van der Waals surface area contributed by atoms with E-state index in [1.165, 1.54) is 43.5 Å². The van der Waals surface area contributed by atoms with Crippen LogP contribution in [0.25, 0.3) is 0 Å². The summed E-state index contributed by atoms with van der Waals surface area (Å²) in [6.45, 7) is 2.28. The van der Waals surface area contributed by atoms with Crippen molar-refractivity contribution in [1.29, 1.82) is 0 Å². The third-order valence-electron chi connectivity index (χ3n) is 4.74. The standard InChI is InChI=1S/C19H28F3N3O2/c1-13(25-18(26)17(23)11-14-5-3-2-4-6-14)12-24-15-7-9-16(10-8-15)27-19(20,21)22/h7-10,13-14,17,24H,2-6,11-12,23H2,1H3,(H,25,26). The molecule has 1 amide bonds. The second kappa shape index (κ2) is 9.82. The largest absolute Gasteiger partial charge is 0.573 e. The Labute approximate surface area is 157 Å². The average molecular weight is 387 g/mol. The number of anilines is 1. The second-order valence-electron chi connectivity index (χ2n) is 7.21. The molecule has 0 saturated heterocycles. The number of hydrogen-bond donors (Lipinski definition) is 3. The number of carbonyl (C=O) groups is 1. The Kier molecular flexibility index (Phi) is 7.77. The highest BCUT2D eigenvalue weighted by Gasteiger charge is 2.31. The summed E-state index contributed by atoms with van der Waals surface area (Å²) in [6.07, 6.45) is 2.00. The first-order valence-corrected chi connectivity index (χ1v) is 9.38. The molecule has 0 bridgehead atoms. The molecular formula is C19H28F3N3O2. The lowest BCUT2D eigenvalue weighted by Gasteiger charge is -2.25. The van der Waals surface area contributed by atoms with Gasteiger partial charge < -0.3 is 21.1 Å². The van der Waals surface area contributed by atoms with Crippen LogP contribution in [0.1, 0.15) is 45.4 Å². The summed E-state index contributed by atoms with van der Waals surface area (Å²) >= 11 is 0. The lowest BCUT2D eigenvalue weighted by atomic mass is 9.85. The molecule has 5 nitrogen and oxygen atoms in total. The summed E-state index contributed by atoms with van der Waals surface area (Å²) in [5.41, 5.74) is 6.67. The molecule has 1 saturated carbocycles. The van der Waals surface area contributed by atoms with Crippen LogP contribution in [0.5, 0.6) is 5.75 Å². The molecule has 0 radical (unpaired) electrons. The molecule has 1 aliphatic carbocycles. The number of benzene rings is 1. The number of halogens is 3. The number of hydrogen-bond acceptors (Lipinski definition) is 4. The quantitative estimate of drug-likeness (QED) is 0.634. The number of nitrogens with two attached hydrogens (primary N) is 1. The van der Waals surface area contributed by atoms with Crippen molar-refractivity contribution >= 4 is 11.6 Å². The van der Waals surface area contributed by atoms with Gasteiger partial charge in [-0.2, -0.15) is 0 Å². The van der Waals surface area contributed by atoms with Crippen LogP contribution in [-0.4, -0.2) is 30.9 Å². The molecule has 1 aliphatic rings. The van der Waals surface area contributed by atoms with Gasteiger partial charge in [0.2, 0.25) is 5.91 Å². The Morgan fingerprint density at radius 1 is 1.22 bits per heavy atom. The van der Waals surface area contributed by atoms with Crippen LogP contribution >= 0.6 is 0 Å². The van der Waals surface area contributed by atoms with Gasteiger partial charge in [0, 0.05) is 18.3 Å². The first kappa shape index (κ1) is 21.3. The third-order valence-corrected chi connectivity index (χ3v) is 4.74. The Balaban J connectivity index is 1.71. The second-order valence-corrected chi connectivity index (χ2v) is 7.21. The number of nitrogens with one attached hydrogen (secondary N) is 2.